The molecule has 0 fully saturated rings. The van der Waals surface area contributed by atoms with Crippen LogP contribution in [0, 0.1) is 0 Å². The van der Waals surface area contributed by atoms with Crippen LogP contribution in [0.1, 0.15) is 5.56 Å². The van der Waals surface area contributed by atoms with Crippen LogP contribution in [0.15, 0.2) is 66.7 Å². The lowest BCUT2D eigenvalue weighted by Crippen LogP contribution is -2.26. The second-order valence-corrected chi connectivity index (χ2v) is 5.47. The summed E-state index contributed by atoms with van der Waals surface area (Å²) in [7, 11) is 1.66. The van der Waals surface area contributed by atoms with Gasteiger partial charge in [0.25, 0.3) is 0 Å². The fourth-order valence-corrected chi connectivity index (χ4v) is 2.84. The fourth-order valence-electron chi connectivity index (χ4n) is 2.84. The lowest BCUT2D eigenvalue weighted by Gasteiger charge is -2.24. The average molecular weight is 303 g/mol. The lowest BCUT2D eigenvalue weighted by atomic mass is 10.0. The molecule has 0 saturated heterocycles. The Hall–Kier alpha value is -2.94. The van der Waals surface area contributed by atoms with Gasteiger partial charge in [0.1, 0.15) is 11.5 Å². The first kappa shape index (κ1) is 13.7. The van der Waals surface area contributed by atoms with Crippen LogP contribution in [-0.4, -0.2) is 13.3 Å². The summed E-state index contributed by atoms with van der Waals surface area (Å²) in [6.45, 7) is 0. The van der Waals surface area contributed by atoms with Gasteiger partial charge in [-0.3, -0.25) is 0 Å². The molecule has 0 aromatic heterocycles. The molecule has 3 heteroatoms. The molecule has 0 spiro atoms. The van der Waals surface area contributed by atoms with Crippen molar-refractivity contribution in [3.8, 4) is 11.5 Å². The summed E-state index contributed by atoms with van der Waals surface area (Å²) >= 11 is 0. The fraction of sp³-hybridized carbons (Fsp3) is 0.100. The second-order valence-electron chi connectivity index (χ2n) is 5.47. The van der Waals surface area contributed by atoms with Crippen molar-refractivity contribution in [2.24, 2.45) is 0 Å². The summed E-state index contributed by atoms with van der Waals surface area (Å²) in [5.74, 6) is 1.74. The van der Waals surface area contributed by atoms with E-state index in [-0.39, 0.29) is 6.23 Å². The first-order valence-electron chi connectivity index (χ1n) is 7.61. The van der Waals surface area contributed by atoms with Crippen molar-refractivity contribution in [3.63, 3.8) is 0 Å². The van der Waals surface area contributed by atoms with Crippen LogP contribution in [0.2, 0.25) is 0 Å². The zero-order valence-corrected chi connectivity index (χ0v) is 12.8. The molecular weight excluding hydrogens is 286 g/mol. The highest BCUT2D eigenvalue weighted by Gasteiger charge is 2.16. The van der Waals surface area contributed by atoms with E-state index in [1.54, 1.807) is 7.11 Å². The number of hydrogen-bond donors (Lipinski definition) is 1. The van der Waals surface area contributed by atoms with Crippen molar-refractivity contribution in [1.29, 1.82) is 0 Å². The summed E-state index contributed by atoms with van der Waals surface area (Å²) < 4.78 is 11.2. The molecule has 4 rings (SSSR count). The van der Waals surface area contributed by atoms with E-state index < -0.39 is 0 Å². The zero-order chi connectivity index (χ0) is 15.6. The van der Waals surface area contributed by atoms with E-state index in [2.05, 4.69) is 41.7 Å². The Morgan fingerprint density at radius 3 is 2.61 bits per heavy atom. The first-order valence-corrected chi connectivity index (χ1v) is 7.61. The third kappa shape index (κ3) is 2.61. The quantitative estimate of drug-likeness (QED) is 0.761. The number of methoxy groups -OCH3 is 1. The summed E-state index contributed by atoms with van der Waals surface area (Å²) in [5, 5.41) is 5.79. The van der Waals surface area contributed by atoms with E-state index in [0.717, 1.165) is 22.7 Å². The van der Waals surface area contributed by atoms with Gasteiger partial charge < -0.3 is 14.8 Å². The normalized spacial score (nSPS) is 15.8. The van der Waals surface area contributed by atoms with E-state index in [0.29, 0.717) is 0 Å². The molecule has 1 aliphatic rings. The number of fused-ring (bicyclic) bond motifs is 3. The minimum absolute atomic E-state index is 0.183. The van der Waals surface area contributed by atoms with Crippen LogP contribution in [0.3, 0.4) is 0 Å². The van der Waals surface area contributed by atoms with Gasteiger partial charge in [-0.15, -0.1) is 0 Å². The molecule has 0 saturated carbocycles. The molecule has 3 aromatic carbocycles. The van der Waals surface area contributed by atoms with Crippen molar-refractivity contribution < 1.29 is 9.47 Å². The Balaban J connectivity index is 1.59. The molecule has 1 unspecified atom stereocenters. The molecule has 23 heavy (non-hydrogen) atoms. The molecular formula is C20H17NO2. The standard InChI is InChI=1S/C20H17NO2/c1-22-16-9-7-15(8-10-16)21-20-13-11-18-17-5-3-2-4-14(17)6-12-19(18)23-20/h2-13,20-21H,1H3. The highest BCUT2D eigenvalue weighted by Crippen LogP contribution is 2.33. The molecule has 114 valence electrons. The van der Waals surface area contributed by atoms with E-state index >= 15 is 0 Å². The summed E-state index contributed by atoms with van der Waals surface area (Å²) in [4.78, 5) is 0. The van der Waals surface area contributed by atoms with Gasteiger partial charge in [0.15, 0.2) is 6.23 Å². The molecule has 0 radical (unpaired) electrons. The van der Waals surface area contributed by atoms with E-state index in [1.165, 1.54) is 10.8 Å². The molecule has 1 N–H and O–H groups in total. The van der Waals surface area contributed by atoms with Crippen LogP contribution in [0.5, 0.6) is 11.5 Å². The molecule has 1 aliphatic heterocycles. The van der Waals surface area contributed by atoms with Gasteiger partial charge in [-0.05, 0) is 53.3 Å². The summed E-state index contributed by atoms with van der Waals surface area (Å²) in [5.41, 5.74) is 2.13. The predicted molar refractivity (Wildman–Crippen MR) is 94.0 cm³/mol. The van der Waals surface area contributed by atoms with Crippen LogP contribution < -0.4 is 14.8 Å². The molecule has 0 aliphatic carbocycles. The maximum absolute atomic E-state index is 6.07. The average Bonchev–Trinajstić information content (AvgIpc) is 2.62. The third-order valence-electron chi connectivity index (χ3n) is 4.02. The maximum Gasteiger partial charge on any atom is 0.189 e. The summed E-state index contributed by atoms with van der Waals surface area (Å²) in [6.07, 6.45) is 3.98. The van der Waals surface area contributed by atoms with Gasteiger partial charge in [0, 0.05) is 11.3 Å². The number of ether oxygens (including phenoxy) is 2. The van der Waals surface area contributed by atoms with Crippen LogP contribution >= 0.6 is 0 Å². The Kier molecular flexibility index (Phi) is 3.39. The van der Waals surface area contributed by atoms with Crippen LogP contribution in [-0.2, 0) is 0 Å². The number of anilines is 1. The molecule has 0 amide bonds. The number of hydrogen-bond acceptors (Lipinski definition) is 3. The van der Waals surface area contributed by atoms with Gasteiger partial charge in [-0.2, -0.15) is 0 Å². The Morgan fingerprint density at radius 1 is 0.957 bits per heavy atom. The van der Waals surface area contributed by atoms with Crippen molar-refractivity contribution in [2.45, 2.75) is 6.23 Å². The van der Waals surface area contributed by atoms with E-state index in [1.807, 2.05) is 36.4 Å². The highest BCUT2D eigenvalue weighted by molar-refractivity contribution is 5.93. The van der Waals surface area contributed by atoms with Gasteiger partial charge in [-0.1, -0.05) is 30.3 Å². The van der Waals surface area contributed by atoms with Gasteiger partial charge in [0.2, 0.25) is 0 Å². The summed E-state index contributed by atoms with van der Waals surface area (Å²) in [6, 6.07) is 20.3. The Bertz CT molecular complexity index is 868. The van der Waals surface area contributed by atoms with Gasteiger partial charge in [-0.25, -0.2) is 0 Å². The monoisotopic (exact) mass is 303 g/mol. The number of nitrogens with one attached hydrogen (secondary N) is 1. The topological polar surface area (TPSA) is 30.5 Å². The number of rotatable bonds is 3. The van der Waals surface area contributed by atoms with Crippen molar-refractivity contribution in [2.75, 3.05) is 12.4 Å². The highest BCUT2D eigenvalue weighted by atomic mass is 16.5. The maximum atomic E-state index is 6.07. The Labute approximate surface area is 135 Å². The van der Waals surface area contributed by atoms with Crippen LogP contribution in [0.25, 0.3) is 16.8 Å². The van der Waals surface area contributed by atoms with Crippen molar-refractivity contribution in [3.05, 3.63) is 72.3 Å². The Morgan fingerprint density at radius 2 is 1.78 bits per heavy atom. The molecule has 1 heterocycles. The minimum Gasteiger partial charge on any atom is -0.497 e. The molecule has 0 bridgehead atoms. The van der Waals surface area contributed by atoms with E-state index in [4.69, 9.17) is 9.47 Å². The SMILES string of the molecule is COc1ccc(NC2C=Cc3c(ccc4ccccc34)O2)cc1. The zero-order valence-electron chi connectivity index (χ0n) is 12.8. The molecule has 3 aromatic rings. The third-order valence-corrected chi connectivity index (χ3v) is 4.02. The smallest absolute Gasteiger partial charge is 0.189 e. The largest absolute Gasteiger partial charge is 0.497 e. The second kappa shape index (κ2) is 5.69. The minimum atomic E-state index is -0.183. The number of benzene rings is 3. The van der Waals surface area contributed by atoms with Gasteiger partial charge >= 0.3 is 0 Å². The predicted octanol–water partition coefficient (Wildman–Crippen LogP) is 4.69. The van der Waals surface area contributed by atoms with Crippen LogP contribution in [0.4, 0.5) is 5.69 Å². The molecule has 3 nitrogen and oxygen atoms in total. The van der Waals surface area contributed by atoms with Crippen molar-refractivity contribution in [1.82, 2.24) is 0 Å². The van der Waals surface area contributed by atoms with Crippen molar-refractivity contribution >= 4 is 22.5 Å². The first-order chi connectivity index (χ1) is 11.3. The van der Waals surface area contributed by atoms with Gasteiger partial charge in [0.05, 0.1) is 7.11 Å². The lowest BCUT2D eigenvalue weighted by molar-refractivity contribution is 0.274. The van der Waals surface area contributed by atoms with E-state index in [9.17, 15) is 0 Å². The molecule has 1 atom stereocenters.